The molecule has 4 heteroatoms. The predicted molar refractivity (Wildman–Crippen MR) is 88.9 cm³/mol. The Labute approximate surface area is 131 Å². The molecule has 0 aliphatic heterocycles. The molecule has 1 aliphatic rings. The normalized spacial score (nSPS) is 14.3. The van der Waals surface area contributed by atoms with Gasteiger partial charge in [-0.3, -0.25) is 4.79 Å². The average Bonchev–Trinajstić information content (AvgIpc) is 3.33. The van der Waals surface area contributed by atoms with Crippen LogP contribution in [0, 0.1) is 13.8 Å². The summed E-state index contributed by atoms with van der Waals surface area (Å²) < 4.78 is 1.57. The van der Waals surface area contributed by atoms with Gasteiger partial charge >= 0.3 is 0 Å². The zero-order chi connectivity index (χ0) is 15.7. The molecule has 1 aliphatic carbocycles. The van der Waals surface area contributed by atoms with Crippen molar-refractivity contribution in [3.05, 3.63) is 51.3 Å². The van der Waals surface area contributed by atoms with Gasteiger partial charge in [0.05, 0.1) is 5.69 Å². The van der Waals surface area contributed by atoms with E-state index in [1.807, 2.05) is 13.0 Å². The Bertz CT molecular complexity index is 744. The Kier molecular flexibility index (Phi) is 4.12. The summed E-state index contributed by atoms with van der Waals surface area (Å²) in [6.45, 7) is 7.34. The van der Waals surface area contributed by atoms with Gasteiger partial charge in [0.2, 0.25) is 0 Å². The first-order chi connectivity index (χ1) is 10.6. The molecule has 1 aromatic carbocycles. The van der Waals surface area contributed by atoms with Crippen molar-refractivity contribution in [2.24, 2.45) is 0 Å². The summed E-state index contributed by atoms with van der Waals surface area (Å²) in [6, 6.07) is 8.89. The summed E-state index contributed by atoms with van der Waals surface area (Å²) in [4.78, 5) is 12.4. The van der Waals surface area contributed by atoms with Crippen LogP contribution < -0.4 is 10.9 Å². The molecule has 0 radical (unpaired) electrons. The smallest absolute Gasteiger partial charge is 0.271 e. The molecule has 3 rings (SSSR count). The molecule has 0 bridgehead atoms. The monoisotopic (exact) mass is 297 g/mol. The van der Waals surface area contributed by atoms with Crippen molar-refractivity contribution >= 4 is 0 Å². The second-order valence-corrected chi connectivity index (χ2v) is 6.15. The van der Waals surface area contributed by atoms with Gasteiger partial charge < -0.3 is 5.32 Å². The third kappa shape index (κ3) is 3.12. The van der Waals surface area contributed by atoms with Crippen molar-refractivity contribution in [2.45, 2.75) is 52.7 Å². The SMILES string of the molecule is CCn1nc(-c2cc(C)ccc2C)cc(CNC2CC2)c1=O. The van der Waals surface area contributed by atoms with E-state index in [4.69, 9.17) is 0 Å². The van der Waals surface area contributed by atoms with Crippen molar-refractivity contribution in [3.63, 3.8) is 0 Å². The van der Waals surface area contributed by atoms with Gasteiger partial charge in [-0.05, 0) is 51.3 Å². The molecule has 0 spiro atoms. The van der Waals surface area contributed by atoms with Crippen molar-refractivity contribution < 1.29 is 0 Å². The highest BCUT2D eigenvalue weighted by Crippen LogP contribution is 2.23. The lowest BCUT2D eigenvalue weighted by molar-refractivity contribution is 0.596. The third-order valence-electron chi connectivity index (χ3n) is 4.18. The first kappa shape index (κ1) is 15.0. The zero-order valence-corrected chi connectivity index (χ0v) is 13.5. The molecule has 0 atom stereocenters. The van der Waals surface area contributed by atoms with Crippen LogP contribution in [0.1, 0.15) is 36.5 Å². The second-order valence-electron chi connectivity index (χ2n) is 6.15. The topological polar surface area (TPSA) is 46.9 Å². The van der Waals surface area contributed by atoms with Gasteiger partial charge in [-0.1, -0.05) is 17.7 Å². The molecule has 22 heavy (non-hydrogen) atoms. The largest absolute Gasteiger partial charge is 0.310 e. The van der Waals surface area contributed by atoms with Gasteiger partial charge in [0.25, 0.3) is 5.56 Å². The molecule has 4 nitrogen and oxygen atoms in total. The Hall–Kier alpha value is -1.94. The lowest BCUT2D eigenvalue weighted by Gasteiger charge is -2.12. The standard InChI is InChI=1S/C18H23N3O/c1-4-21-18(22)14(11-19-15-7-8-15)10-17(20-21)16-9-12(2)5-6-13(16)3/h5-6,9-10,15,19H,4,7-8,11H2,1-3H3. The van der Waals surface area contributed by atoms with Crippen LogP contribution in [0.3, 0.4) is 0 Å². The fourth-order valence-electron chi connectivity index (χ4n) is 2.62. The first-order valence-electron chi connectivity index (χ1n) is 8.00. The van der Waals surface area contributed by atoms with Crippen molar-refractivity contribution in [1.82, 2.24) is 15.1 Å². The summed E-state index contributed by atoms with van der Waals surface area (Å²) in [7, 11) is 0. The van der Waals surface area contributed by atoms with Crippen molar-refractivity contribution in [2.75, 3.05) is 0 Å². The summed E-state index contributed by atoms with van der Waals surface area (Å²) in [5, 5.41) is 7.97. The van der Waals surface area contributed by atoms with E-state index in [1.165, 1.54) is 24.0 Å². The fourth-order valence-corrected chi connectivity index (χ4v) is 2.62. The van der Waals surface area contributed by atoms with E-state index in [0.29, 0.717) is 19.1 Å². The maximum atomic E-state index is 12.4. The Balaban J connectivity index is 2.04. The van der Waals surface area contributed by atoms with E-state index < -0.39 is 0 Å². The van der Waals surface area contributed by atoms with E-state index in [0.717, 1.165) is 16.8 Å². The Morgan fingerprint density at radius 3 is 2.73 bits per heavy atom. The summed E-state index contributed by atoms with van der Waals surface area (Å²) >= 11 is 0. The van der Waals surface area contributed by atoms with E-state index in [2.05, 4.69) is 42.5 Å². The van der Waals surface area contributed by atoms with Gasteiger partial charge in [0.15, 0.2) is 0 Å². The number of hydrogen-bond donors (Lipinski definition) is 1. The lowest BCUT2D eigenvalue weighted by Crippen LogP contribution is -2.29. The highest BCUT2D eigenvalue weighted by atomic mass is 16.1. The fraction of sp³-hybridized carbons (Fsp3) is 0.444. The zero-order valence-electron chi connectivity index (χ0n) is 13.5. The van der Waals surface area contributed by atoms with Crippen LogP contribution >= 0.6 is 0 Å². The first-order valence-corrected chi connectivity index (χ1v) is 8.00. The molecule has 0 amide bonds. The van der Waals surface area contributed by atoms with Crippen molar-refractivity contribution in [1.29, 1.82) is 0 Å². The number of benzene rings is 1. The van der Waals surface area contributed by atoms with E-state index in [1.54, 1.807) is 4.68 Å². The summed E-state index contributed by atoms with van der Waals surface area (Å²) in [5.41, 5.74) is 5.20. The summed E-state index contributed by atoms with van der Waals surface area (Å²) in [6.07, 6.45) is 2.44. The number of aryl methyl sites for hydroxylation is 3. The van der Waals surface area contributed by atoms with Gasteiger partial charge in [0.1, 0.15) is 0 Å². The van der Waals surface area contributed by atoms with Crippen LogP contribution in [0.2, 0.25) is 0 Å². The van der Waals surface area contributed by atoms with Crippen LogP contribution in [0.25, 0.3) is 11.3 Å². The molecule has 1 aromatic heterocycles. The Morgan fingerprint density at radius 1 is 1.27 bits per heavy atom. The second kappa shape index (κ2) is 6.05. The van der Waals surface area contributed by atoms with Crippen molar-refractivity contribution in [3.8, 4) is 11.3 Å². The molecule has 1 fully saturated rings. The van der Waals surface area contributed by atoms with Crippen LogP contribution in [0.5, 0.6) is 0 Å². The maximum Gasteiger partial charge on any atom is 0.271 e. The van der Waals surface area contributed by atoms with Crippen LogP contribution in [0.4, 0.5) is 0 Å². The maximum absolute atomic E-state index is 12.4. The van der Waals surface area contributed by atoms with E-state index >= 15 is 0 Å². The molecular weight excluding hydrogens is 274 g/mol. The van der Waals surface area contributed by atoms with Gasteiger partial charge in [-0.25, -0.2) is 4.68 Å². The minimum atomic E-state index is 0.0182. The minimum Gasteiger partial charge on any atom is -0.310 e. The molecule has 1 saturated carbocycles. The third-order valence-corrected chi connectivity index (χ3v) is 4.18. The van der Waals surface area contributed by atoms with Crippen LogP contribution in [0.15, 0.2) is 29.1 Å². The molecule has 1 N–H and O–H groups in total. The van der Waals surface area contributed by atoms with Gasteiger partial charge in [0, 0.05) is 30.3 Å². The van der Waals surface area contributed by atoms with E-state index in [-0.39, 0.29) is 5.56 Å². The quantitative estimate of drug-likeness (QED) is 0.923. The molecule has 0 unspecified atom stereocenters. The van der Waals surface area contributed by atoms with Crippen LogP contribution in [-0.4, -0.2) is 15.8 Å². The highest BCUT2D eigenvalue weighted by Gasteiger charge is 2.21. The number of nitrogens with one attached hydrogen (secondary N) is 1. The molecule has 2 aromatic rings. The summed E-state index contributed by atoms with van der Waals surface area (Å²) in [5.74, 6) is 0. The average molecular weight is 297 g/mol. The van der Waals surface area contributed by atoms with Gasteiger partial charge in [-0.2, -0.15) is 5.10 Å². The number of nitrogens with zero attached hydrogens (tertiary/aromatic N) is 2. The van der Waals surface area contributed by atoms with Crippen LogP contribution in [-0.2, 0) is 13.1 Å². The molecule has 0 saturated heterocycles. The predicted octanol–water partition coefficient (Wildman–Crippen LogP) is 2.80. The highest BCUT2D eigenvalue weighted by molar-refractivity contribution is 5.64. The molecule has 116 valence electrons. The molecular formula is C18H23N3O. The lowest BCUT2D eigenvalue weighted by atomic mass is 10.0. The number of hydrogen-bond acceptors (Lipinski definition) is 3. The minimum absolute atomic E-state index is 0.0182. The number of rotatable bonds is 5. The Morgan fingerprint density at radius 2 is 2.05 bits per heavy atom. The number of aromatic nitrogens is 2. The van der Waals surface area contributed by atoms with E-state index in [9.17, 15) is 4.79 Å². The van der Waals surface area contributed by atoms with Gasteiger partial charge in [-0.15, -0.1) is 0 Å². The molecule has 1 heterocycles.